The van der Waals surface area contributed by atoms with Gasteiger partial charge in [0, 0.05) is 25.8 Å². The van der Waals surface area contributed by atoms with Crippen LogP contribution >= 0.6 is 12.4 Å². The number of carbonyl (C=O) groups excluding carboxylic acids is 1. The zero-order chi connectivity index (χ0) is 19.7. The van der Waals surface area contributed by atoms with Crippen molar-refractivity contribution < 1.29 is 9.32 Å². The Morgan fingerprint density at radius 1 is 1.31 bits per heavy atom. The molecule has 0 radical (unpaired) electrons. The zero-order valence-electron chi connectivity index (χ0n) is 17.0. The van der Waals surface area contributed by atoms with E-state index < -0.39 is 0 Å². The van der Waals surface area contributed by atoms with Gasteiger partial charge in [0.25, 0.3) is 11.6 Å². The van der Waals surface area contributed by atoms with Crippen molar-refractivity contribution in [2.24, 2.45) is 0 Å². The number of nitrogens with zero attached hydrogens (tertiary/aromatic N) is 3. The number of hydrogen-bond acceptors (Lipinski definition) is 5. The Morgan fingerprint density at radius 3 is 2.76 bits per heavy atom. The number of fused-ring (bicyclic) bond motifs is 1. The molecule has 0 saturated carbocycles. The van der Waals surface area contributed by atoms with E-state index in [9.17, 15) is 4.79 Å². The normalized spacial score (nSPS) is 16.8. The van der Waals surface area contributed by atoms with Crippen molar-refractivity contribution in [1.29, 1.82) is 0 Å². The van der Waals surface area contributed by atoms with Gasteiger partial charge >= 0.3 is 0 Å². The van der Waals surface area contributed by atoms with Crippen LogP contribution in [0.1, 0.15) is 59.9 Å². The molecule has 0 bridgehead atoms. The molecule has 1 atom stereocenters. The highest BCUT2D eigenvalue weighted by molar-refractivity contribution is 5.97. The molecule has 0 aliphatic carbocycles. The van der Waals surface area contributed by atoms with E-state index in [1.54, 1.807) is 6.20 Å². The topological polar surface area (TPSA) is 71.3 Å². The van der Waals surface area contributed by atoms with Gasteiger partial charge < -0.3 is 14.7 Å². The van der Waals surface area contributed by atoms with Gasteiger partial charge in [-0.15, -0.1) is 12.4 Å². The predicted octanol–water partition coefficient (Wildman–Crippen LogP) is 4.12. The molecular formula is C22H27ClN4O2. The molecular weight excluding hydrogens is 388 g/mol. The van der Waals surface area contributed by atoms with Gasteiger partial charge in [0.1, 0.15) is 0 Å². The monoisotopic (exact) mass is 414 g/mol. The van der Waals surface area contributed by atoms with E-state index in [1.165, 1.54) is 5.56 Å². The molecule has 3 heterocycles. The van der Waals surface area contributed by atoms with E-state index >= 15 is 0 Å². The summed E-state index contributed by atoms with van der Waals surface area (Å²) in [6, 6.07) is 10.4. The van der Waals surface area contributed by atoms with Crippen LogP contribution < -0.4 is 5.32 Å². The number of carbonyl (C=O) groups is 1. The lowest BCUT2D eigenvalue weighted by atomic mass is 10.00. The Bertz CT molecular complexity index is 984. The van der Waals surface area contributed by atoms with Gasteiger partial charge in [-0.3, -0.25) is 4.79 Å². The SMILES string of the molecule is CCc1ccc(C2CNCCN2C(=O)c2cnc3onc(C(C)C)c3c2)cc1.Cl. The molecule has 29 heavy (non-hydrogen) atoms. The van der Waals surface area contributed by atoms with Crippen LogP contribution in [0.2, 0.25) is 0 Å². The number of nitrogens with one attached hydrogen (secondary N) is 1. The average Bonchev–Trinajstić information content (AvgIpc) is 3.17. The van der Waals surface area contributed by atoms with Crippen LogP contribution in [0.25, 0.3) is 11.1 Å². The first kappa shape index (κ1) is 21.3. The van der Waals surface area contributed by atoms with Crippen LogP contribution in [0.5, 0.6) is 0 Å². The van der Waals surface area contributed by atoms with E-state index in [-0.39, 0.29) is 30.3 Å². The van der Waals surface area contributed by atoms with Crippen molar-refractivity contribution in [3.63, 3.8) is 0 Å². The van der Waals surface area contributed by atoms with Gasteiger partial charge in [-0.05, 0) is 29.5 Å². The van der Waals surface area contributed by atoms with Crippen LogP contribution in [0.3, 0.4) is 0 Å². The number of pyridine rings is 1. The lowest BCUT2D eigenvalue weighted by Gasteiger charge is -2.36. The number of aromatic nitrogens is 2. The lowest BCUT2D eigenvalue weighted by molar-refractivity contribution is 0.0634. The van der Waals surface area contributed by atoms with Gasteiger partial charge in [-0.2, -0.15) is 0 Å². The first-order valence-electron chi connectivity index (χ1n) is 9.94. The maximum Gasteiger partial charge on any atom is 0.257 e. The molecule has 3 aromatic rings. The fraction of sp³-hybridized carbons (Fsp3) is 0.409. The largest absolute Gasteiger partial charge is 0.336 e. The molecule has 1 amide bonds. The molecule has 1 saturated heterocycles. The minimum atomic E-state index is -0.00336. The number of benzene rings is 1. The van der Waals surface area contributed by atoms with Crippen LogP contribution in [-0.4, -0.2) is 40.6 Å². The molecule has 1 aromatic carbocycles. The summed E-state index contributed by atoms with van der Waals surface area (Å²) >= 11 is 0. The van der Waals surface area contributed by atoms with Gasteiger partial charge in [0.05, 0.1) is 22.7 Å². The molecule has 1 fully saturated rings. The molecule has 2 aromatic heterocycles. The van der Waals surface area contributed by atoms with Gasteiger partial charge in [0.2, 0.25) is 0 Å². The second-order valence-electron chi connectivity index (χ2n) is 7.61. The van der Waals surface area contributed by atoms with E-state index in [1.807, 2.05) is 11.0 Å². The first-order chi connectivity index (χ1) is 13.6. The predicted molar refractivity (Wildman–Crippen MR) is 116 cm³/mol. The highest BCUT2D eigenvalue weighted by Gasteiger charge is 2.29. The second-order valence-corrected chi connectivity index (χ2v) is 7.61. The van der Waals surface area contributed by atoms with Crippen LogP contribution in [-0.2, 0) is 6.42 Å². The molecule has 6 nitrogen and oxygen atoms in total. The number of piperazine rings is 1. The van der Waals surface area contributed by atoms with Crippen molar-refractivity contribution in [2.75, 3.05) is 19.6 Å². The Balaban J connectivity index is 0.00000240. The standard InChI is InChI=1S/C22H26N4O2.ClH/c1-4-15-5-7-16(8-6-15)19-13-23-9-10-26(19)22(27)17-11-18-20(14(2)3)25-28-21(18)24-12-17;/h5-8,11-12,14,19,23H,4,9-10,13H2,1-3H3;1H. The summed E-state index contributed by atoms with van der Waals surface area (Å²) in [4.78, 5) is 19.6. The van der Waals surface area contributed by atoms with Gasteiger partial charge in [-0.1, -0.05) is 50.2 Å². The lowest BCUT2D eigenvalue weighted by Crippen LogP contribution is -2.48. The van der Waals surface area contributed by atoms with E-state index in [0.717, 1.165) is 36.2 Å². The van der Waals surface area contributed by atoms with Crippen LogP contribution in [0, 0.1) is 0 Å². The number of halogens is 1. The van der Waals surface area contributed by atoms with Gasteiger partial charge in [0.15, 0.2) is 0 Å². The minimum absolute atomic E-state index is 0. The third-order valence-corrected chi connectivity index (χ3v) is 5.43. The van der Waals surface area contributed by atoms with Crippen molar-refractivity contribution >= 4 is 29.4 Å². The maximum absolute atomic E-state index is 13.4. The summed E-state index contributed by atoms with van der Waals surface area (Å²) in [5, 5.41) is 8.35. The molecule has 1 aliphatic rings. The smallest absolute Gasteiger partial charge is 0.257 e. The van der Waals surface area contributed by atoms with Crippen molar-refractivity contribution in [3.05, 3.63) is 58.9 Å². The maximum atomic E-state index is 13.4. The third-order valence-electron chi connectivity index (χ3n) is 5.43. The molecule has 1 N–H and O–H groups in total. The average molecular weight is 415 g/mol. The quantitative estimate of drug-likeness (QED) is 0.695. The molecule has 4 rings (SSSR count). The Hall–Kier alpha value is -2.44. The highest BCUT2D eigenvalue weighted by atomic mass is 35.5. The summed E-state index contributed by atoms with van der Waals surface area (Å²) in [7, 11) is 0. The van der Waals surface area contributed by atoms with Crippen molar-refractivity contribution in [1.82, 2.24) is 20.4 Å². The van der Waals surface area contributed by atoms with E-state index in [2.05, 4.69) is 60.5 Å². The van der Waals surface area contributed by atoms with Crippen molar-refractivity contribution in [3.8, 4) is 0 Å². The summed E-state index contributed by atoms with van der Waals surface area (Å²) in [5.74, 6) is 0.203. The number of rotatable bonds is 4. The Labute approximate surface area is 177 Å². The second kappa shape index (κ2) is 8.93. The zero-order valence-corrected chi connectivity index (χ0v) is 17.8. The summed E-state index contributed by atoms with van der Waals surface area (Å²) in [6.45, 7) is 8.45. The first-order valence-corrected chi connectivity index (χ1v) is 9.94. The summed E-state index contributed by atoms with van der Waals surface area (Å²) in [6.07, 6.45) is 2.60. The molecule has 1 aliphatic heterocycles. The van der Waals surface area contributed by atoms with Crippen LogP contribution in [0.4, 0.5) is 0 Å². The molecule has 0 spiro atoms. The number of amides is 1. The number of hydrogen-bond donors (Lipinski definition) is 1. The molecule has 1 unspecified atom stereocenters. The van der Waals surface area contributed by atoms with Crippen molar-refractivity contribution in [2.45, 2.75) is 39.2 Å². The third kappa shape index (κ3) is 4.14. The fourth-order valence-electron chi connectivity index (χ4n) is 3.77. The molecule has 154 valence electrons. The summed E-state index contributed by atoms with van der Waals surface area (Å²) in [5.41, 5.74) is 4.35. The number of aryl methyl sites for hydroxylation is 1. The van der Waals surface area contributed by atoms with Gasteiger partial charge in [-0.25, -0.2) is 4.98 Å². The highest BCUT2D eigenvalue weighted by Crippen LogP contribution is 2.27. The Kier molecular flexibility index (Phi) is 6.55. The fourth-order valence-corrected chi connectivity index (χ4v) is 3.77. The summed E-state index contributed by atoms with van der Waals surface area (Å²) < 4.78 is 5.31. The Morgan fingerprint density at radius 2 is 2.07 bits per heavy atom. The van der Waals surface area contributed by atoms with Crippen LogP contribution in [0.15, 0.2) is 41.1 Å². The minimum Gasteiger partial charge on any atom is -0.336 e. The van der Waals surface area contributed by atoms with E-state index in [4.69, 9.17) is 4.52 Å². The van der Waals surface area contributed by atoms with E-state index in [0.29, 0.717) is 17.8 Å². The molecule has 7 heteroatoms.